The molecule has 8 nitrogen and oxygen atoms in total. The summed E-state index contributed by atoms with van der Waals surface area (Å²) in [6, 6.07) is 9.67. The average molecular weight is 459 g/mol. The second-order valence-electron chi connectivity index (χ2n) is 6.49. The van der Waals surface area contributed by atoms with Crippen LogP contribution in [0.5, 0.6) is 0 Å². The minimum Gasteiger partial charge on any atom is -0.324 e. The smallest absolute Gasteiger partial charge is 0.270 e. The van der Waals surface area contributed by atoms with Crippen LogP contribution in [0.25, 0.3) is 21.3 Å². The minimum absolute atomic E-state index is 0.0987. The Morgan fingerprint density at radius 1 is 1.29 bits per heavy atom. The van der Waals surface area contributed by atoms with E-state index in [0.29, 0.717) is 16.0 Å². The van der Waals surface area contributed by atoms with Gasteiger partial charge in [0.05, 0.1) is 21.7 Å². The number of fused-ring (bicyclic) bond motifs is 1. The van der Waals surface area contributed by atoms with Gasteiger partial charge in [-0.2, -0.15) is 0 Å². The Balaban J connectivity index is 1.66. The number of nitro groups is 1. The number of amides is 1. The van der Waals surface area contributed by atoms with Crippen LogP contribution in [-0.2, 0) is 11.3 Å². The molecule has 156 valence electrons. The van der Waals surface area contributed by atoms with Gasteiger partial charge in [0.1, 0.15) is 17.2 Å². The van der Waals surface area contributed by atoms with Gasteiger partial charge in [-0.3, -0.25) is 24.3 Å². The number of aromatic nitrogens is 2. The molecule has 0 fully saturated rings. The van der Waals surface area contributed by atoms with Crippen molar-refractivity contribution in [1.82, 2.24) is 9.55 Å². The van der Waals surface area contributed by atoms with E-state index in [0.717, 1.165) is 10.6 Å². The zero-order valence-electron chi connectivity index (χ0n) is 15.5. The van der Waals surface area contributed by atoms with Gasteiger partial charge < -0.3 is 5.32 Å². The first-order chi connectivity index (χ1) is 14.8. The van der Waals surface area contributed by atoms with Crippen LogP contribution in [0.15, 0.2) is 59.0 Å². The van der Waals surface area contributed by atoms with Crippen LogP contribution in [-0.4, -0.2) is 20.4 Å². The van der Waals surface area contributed by atoms with Crippen LogP contribution in [0.3, 0.4) is 0 Å². The van der Waals surface area contributed by atoms with E-state index in [-0.39, 0.29) is 28.3 Å². The number of carbonyl (C=O) groups excluding carboxylic acids is 1. The molecule has 31 heavy (non-hydrogen) atoms. The fourth-order valence-electron chi connectivity index (χ4n) is 3.01. The lowest BCUT2D eigenvalue weighted by atomic mass is 10.1. The van der Waals surface area contributed by atoms with Crippen molar-refractivity contribution < 1.29 is 14.1 Å². The Morgan fingerprint density at radius 2 is 2.10 bits per heavy atom. The van der Waals surface area contributed by atoms with E-state index in [1.54, 1.807) is 11.4 Å². The van der Waals surface area contributed by atoms with E-state index < -0.39 is 22.2 Å². The van der Waals surface area contributed by atoms with Gasteiger partial charge in [-0.25, -0.2) is 9.37 Å². The number of rotatable bonds is 5. The van der Waals surface area contributed by atoms with E-state index in [1.807, 2.05) is 0 Å². The highest BCUT2D eigenvalue weighted by molar-refractivity contribution is 7.17. The number of carbonyl (C=O) groups is 1. The first-order valence-electron chi connectivity index (χ1n) is 8.80. The molecule has 2 aromatic carbocycles. The Kier molecular flexibility index (Phi) is 5.49. The molecule has 2 aromatic heterocycles. The van der Waals surface area contributed by atoms with Crippen LogP contribution < -0.4 is 10.9 Å². The van der Waals surface area contributed by atoms with Gasteiger partial charge in [-0.05, 0) is 23.8 Å². The van der Waals surface area contributed by atoms with Crippen LogP contribution in [0.4, 0.5) is 15.8 Å². The van der Waals surface area contributed by atoms with Crippen LogP contribution in [0.2, 0.25) is 5.02 Å². The minimum atomic E-state index is -0.614. The highest BCUT2D eigenvalue weighted by Gasteiger charge is 2.17. The summed E-state index contributed by atoms with van der Waals surface area (Å²) in [5.41, 5.74) is 0.730. The number of hydrogen-bond donors (Lipinski definition) is 1. The van der Waals surface area contributed by atoms with E-state index in [2.05, 4.69) is 10.3 Å². The highest BCUT2D eigenvalue weighted by Crippen LogP contribution is 2.32. The standard InChI is InChI=1S/C20H12ClFN4O4S/c21-15-7-12(4-5-16(15)22)24-17(27)8-25-10-23-19-18(20(25)28)14(9-31-19)11-2-1-3-13(6-11)26(29)30/h1-7,9-10H,8H2,(H,24,27). The van der Waals surface area contributed by atoms with E-state index in [4.69, 9.17) is 11.6 Å². The molecule has 0 saturated carbocycles. The Morgan fingerprint density at radius 3 is 2.84 bits per heavy atom. The second kappa shape index (κ2) is 8.25. The van der Waals surface area contributed by atoms with Crippen LogP contribution >= 0.6 is 22.9 Å². The maximum atomic E-state index is 13.3. The SMILES string of the molecule is O=C(Cn1cnc2scc(-c3cccc([N+](=O)[O-])c3)c2c1=O)Nc1ccc(F)c(Cl)c1. The van der Waals surface area contributed by atoms with Crippen molar-refractivity contribution in [1.29, 1.82) is 0 Å². The second-order valence-corrected chi connectivity index (χ2v) is 7.76. The number of anilines is 1. The van der Waals surface area contributed by atoms with Crippen molar-refractivity contribution in [2.45, 2.75) is 6.54 Å². The molecule has 0 aliphatic rings. The Bertz CT molecular complexity index is 1400. The predicted molar refractivity (Wildman–Crippen MR) is 116 cm³/mol. The van der Waals surface area contributed by atoms with Crippen molar-refractivity contribution in [3.63, 3.8) is 0 Å². The molecule has 0 aliphatic carbocycles. The third-order valence-electron chi connectivity index (χ3n) is 4.45. The zero-order valence-corrected chi connectivity index (χ0v) is 17.1. The molecular formula is C20H12ClFN4O4S. The zero-order chi connectivity index (χ0) is 22.1. The topological polar surface area (TPSA) is 107 Å². The molecule has 11 heteroatoms. The molecule has 0 spiro atoms. The summed E-state index contributed by atoms with van der Waals surface area (Å²) in [4.78, 5) is 40.6. The lowest BCUT2D eigenvalue weighted by molar-refractivity contribution is -0.384. The molecule has 1 N–H and O–H groups in total. The lowest BCUT2D eigenvalue weighted by Crippen LogP contribution is -2.27. The first-order valence-corrected chi connectivity index (χ1v) is 10.1. The molecule has 0 bridgehead atoms. The summed E-state index contributed by atoms with van der Waals surface area (Å²) < 4.78 is 14.4. The molecule has 4 rings (SSSR count). The van der Waals surface area contributed by atoms with Crippen molar-refractivity contribution in [2.24, 2.45) is 0 Å². The molecule has 0 unspecified atom stereocenters. The van der Waals surface area contributed by atoms with Crippen molar-refractivity contribution >= 4 is 50.4 Å². The van der Waals surface area contributed by atoms with Crippen LogP contribution in [0, 0.1) is 15.9 Å². The summed E-state index contributed by atoms with van der Waals surface area (Å²) in [5, 5.41) is 15.4. The quantitative estimate of drug-likeness (QED) is 0.351. The molecule has 1 amide bonds. The number of nitrogens with one attached hydrogen (secondary N) is 1. The Hall–Kier alpha value is -3.63. The third kappa shape index (κ3) is 4.16. The number of nitrogens with zero attached hydrogens (tertiary/aromatic N) is 3. The molecule has 0 atom stereocenters. The van der Waals surface area contributed by atoms with Gasteiger partial charge in [-0.15, -0.1) is 11.3 Å². The number of hydrogen-bond acceptors (Lipinski definition) is 6. The lowest BCUT2D eigenvalue weighted by Gasteiger charge is -2.08. The molecule has 0 saturated heterocycles. The van der Waals surface area contributed by atoms with Gasteiger partial charge in [-0.1, -0.05) is 23.7 Å². The summed E-state index contributed by atoms with van der Waals surface area (Å²) >= 11 is 6.93. The maximum absolute atomic E-state index is 13.3. The van der Waals surface area contributed by atoms with Gasteiger partial charge in [0.2, 0.25) is 5.91 Å². The van der Waals surface area contributed by atoms with E-state index >= 15 is 0 Å². The number of benzene rings is 2. The predicted octanol–water partition coefficient (Wildman–Crippen LogP) is 4.46. The van der Waals surface area contributed by atoms with Gasteiger partial charge in [0, 0.05) is 28.8 Å². The summed E-state index contributed by atoms with van der Waals surface area (Å²) in [6.45, 7) is -0.332. The number of thiophene rings is 1. The highest BCUT2D eigenvalue weighted by atomic mass is 35.5. The van der Waals surface area contributed by atoms with Crippen molar-refractivity contribution in [3.05, 3.63) is 85.5 Å². The molecule has 0 aliphatic heterocycles. The Labute approximate surface area is 182 Å². The van der Waals surface area contributed by atoms with Gasteiger partial charge in [0.25, 0.3) is 11.2 Å². The monoisotopic (exact) mass is 458 g/mol. The maximum Gasteiger partial charge on any atom is 0.270 e. The van der Waals surface area contributed by atoms with E-state index in [1.165, 1.54) is 48.0 Å². The third-order valence-corrected chi connectivity index (χ3v) is 5.62. The van der Waals surface area contributed by atoms with E-state index in [9.17, 15) is 24.1 Å². The summed E-state index contributed by atoms with van der Waals surface area (Å²) in [5.74, 6) is -1.14. The van der Waals surface area contributed by atoms with Gasteiger partial charge in [0.15, 0.2) is 0 Å². The molecule has 2 heterocycles. The molecular weight excluding hydrogens is 447 g/mol. The fourth-order valence-corrected chi connectivity index (χ4v) is 4.10. The molecule has 0 radical (unpaired) electrons. The molecule has 4 aromatic rings. The first kappa shape index (κ1) is 20.6. The largest absolute Gasteiger partial charge is 0.324 e. The van der Waals surface area contributed by atoms with Crippen molar-refractivity contribution in [3.8, 4) is 11.1 Å². The summed E-state index contributed by atoms with van der Waals surface area (Å²) in [6.07, 6.45) is 1.26. The van der Waals surface area contributed by atoms with Gasteiger partial charge >= 0.3 is 0 Å². The normalized spacial score (nSPS) is 10.9. The summed E-state index contributed by atoms with van der Waals surface area (Å²) in [7, 11) is 0. The van der Waals surface area contributed by atoms with Crippen LogP contribution in [0.1, 0.15) is 0 Å². The average Bonchev–Trinajstić information content (AvgIpc) is 3.18. The number of nitro benzene ring substituents is 1. The number of halogens is 2. The van der Waals surface area contributed by atoms with Crippen molar-refractivity contribution in [2.75, 3.05) is 5.32 Å². The fraction of sp³-hybridized carbons (Fsp3) is 0.0500. The number of non-ortho nitro benzene ring substituents is 1.